The summed E-state index contributed by atoms with van der Waals surface area (Å²) in [5.41, 5.74) is 0.522. The van der Waals surface area contributed by atoms with Gasteiger partial charge in [-0.1, -0.05) is 6.92 Å². The summed E-state index contributed by atoms with van der Waals surface area (Å²) in [6, 6.07) is 0. The second kappa shape index (κ2) is 3.49. The fourth-order valence-electron chi connectivity index (χ4n) is 1.13. The highest BCUT2D eigenvalue weighted by Gasteiger charge is 2.28. The molecule has 1 aliphatic rings. The van der Waals surface area contributed by atoms with E-state index in [1.54, 1.807) is 0 Å². The lowest BCUT2D eigenvalue weighted by Crippen LogP contribution is -2.33. The first kappa shape index (κ1) is 8.93. The summed E-state index contributed by atoms with van der Waals surface area (Å²) in [5, 5.41) is 8.55. The van der Waals surface area contributed by atoms with Crippen LogP contribution in [-0.2, 0) is 9.59 Å². The summed E-state index contributed by atoms with van der Waals surface area (Å²) in [6.07, 6.45) is 1.89. The van der Waals surface area contributed by atoms with Crippen LogP contribution in [0.25, 0.3) is 0 Å². The van der Waals surface area contributed by atoms with Crippen LogP contribution in [0.4, 0.5) is 0 Å². The van der Waals surface area contributed by atoms with Gasteiger partial charge in [-0.3, -0.25) is 14.5 Å². The van der Waals surface area contributed by atoms with Gasteiger partial charge in [0.15, 0.2) is 0 Å². The van der Waals surface area contributed by atoms with Crippen LogP contribution < -0.4 is 0 Å². The Kier molecular flexibility index (Phi) is 2.60. The zero-order valence-electron chi connectivity index (χ0n) is 6.91. The highest BCUT2D eigenvalue weighted by Crippen LogP contribution is 2.14. The van der Waals surface area contributed by atoms with Gasteiger partial charge in [-0.2, -0.15) is 0 Å². The minimum atomic E-state index is -0.314. The van der Waals surface area contributed by atoms with E-state index in [4.69, 9.17) is 5.11 Å². The zero-order chi connectivity index (χ0) is 9.14. The maximum atomic E-state index is 11.3. The van der Waals surface area contributed by atoms with Crippen molar-refractivity contribution < 1.29 is 14.7 Å². The molecule has 1 N–H and O–H groups in total. The van der Waals surface area contributed by atoms with Crippen LogP contribution in [-0.4, -0.2) is 35.0 Å². The predicted octanol–water partition coefficient (Wildman–Crippen LogP) is -0.316. The predicted molar refractivity (Wildman–Crippen MR) is 42.2 cm³/mol. The molecular formula is C8H11NO3. The third-order valence-electron chi connectivity index (χ3n) is 1.79. The molecule has 0 saturated heterocycles. The molecule has 0 aliphatic carbocycles. The maximum absolute atomic E-state index is 11.3. The monoisotopic (exact) mass is 169 g/mol. The summed E-state index contributed by atoms with van der Waals surface area (Å²) in [7, 11) is 0. The average molecular weight is 169 g/mol. The van der Waals surface area contributed by atoms with Gasteiger partial charge in [0.1, 0.15) is 0 Å². The van der Waals surface area contributed by atoms with E-state index in [0.717, 1.165) is 4.90 Å². The van der Waals surface area contributed by atoms with Crippen molar-refractivity contribution in [3.8, 4) is 0 Å². The molecule has 0 spiro atoms. The fraction of sp³-hybridized carbons (Fsp3) is 0.500. The molecule has 0 aromatic heterocycles. The normalized spacial score (nSPS) is 17.2. The van der Waals surface area contributed by atoms with Crippen molar-refractivity contribution in [1.82, 2.24) is 4.90 Å². The van der Waals surface area contributed by atoms with E-state index in [1.807, 2.05) is 6.92 Å². The largest absolute Gasteiger partial charge is 0.395 e. The number of hydrogen-bond acceptors (Lipinski definition) is 3. The van der Waals surface area contributed by atoms with Crippen molar-refractivity contribution >= 4 is 11.8 Å². The second-order valence-corrected chi connectivity index (χ2v) is 2.54. The van der Waals surface area contributed by atoms with E-state index in [-0.39, 0.29) is 25.0 Å². The van der Waals surface area contributed by atoms with Crippen LogP contribution in [0, 0.1) is 0 Å². The number of amides is 2. The van der Waals surface area contributed by atoms with Crippen molar-refractivity contribution in [3.63, 3.8) is 0 Å². The third-order valence-corrected chi connectivity index (χ3v) is 1.79. The van der Waals surface area contributed by atoms with E-state index in [1.165, 1.54) is 6.08 Å². The Hall–Kier alpha value is -1.16. The highest BCUT2D eigenvalue weighted by molar-refractivity contribution is 6.16. The third kappa shape index (κ3) is 1.38. The Morgan fingerprint density at radius 2 is 2.17 bits per heavy atom. The molecule has 0 atom stereocenters. The summed E-state index contributed by atoms with van der Waals surface area (Å²) < 4.78 is 0. The van der Waals surface area contributed by atoms with Crippen molar-refractivity contribution in [1.29, 1.82) is 0 Å². The summed E-state index contributed by atoms with van der Waals surface area (Å²) in [6.45, 7) is 1.74. The topological polar surface area (TPSA) is 57.6 Å². The molecule has 4 nitrogen and oxygen atoms in total. The van der Waals surface area contributed by atoms with Gasteiger partial charge >= 0.3 is 0 Å². The second-order valence-electron chi connectivity index (χ2n) is 2.54. The Balaban J connectivity index is 2.73. The molecule has 0 fully saturated rings. The lowest BCUT2D eigenvalue weighted by atomic mass is 10.2. The SMILES string of the molecule is CCC1=CC(=O)N(CCO)C1=O. The average Bonchev–Trinajstić information content (AvgIpc) is 2.32. The van der Waals surface area contributed by atoms with E-state index in [0.29, 0.717) is 12.0 Å². The van der Waals surface area contributed by atoms with Crippen LogP contribution in [0.2, 0.25) is 0 Å². The molecule has 66 valence electrons. The molecule has 4 heteroatoms. The number of carbonyl (C=O) groups excluding carboxylic acids is 2. The van der Waals surface area contributed by atoms with Crippen molar-refractivity contribution in [3.05, 3.63) is 11.6 Å². The molecule has 0 radical (unpaired) electrons. The van der Waals surface area contributed by atoms with Gasteiger partial charge in [0.25, 0.3) is 11.8 Å². The number of rotatable bonds is 3. The molecule has 0 aromatic carbocycles. The highest BCUT2D eigenvalue weighted by atomic mass is 16.3. The number of β-amino-alcohol motifs (C(OH)–C–C–N with tert-alkyl or cyclic N) is 1. The smallest absolute Gasteiger partial charge is 0.256 e. The van der Waals surface area contributed by atoms with Gasteiger partial charge in [-0.25, -0.2) is 0 Å². The molecular weight excluding hydrogens is 158 g/mol. The summed E-state index contributed by atoms with van der Waals surface area (Å²) in [5.74, 6) is -0.581. The van der Waals surface area contributed by atoms with Gasteiger partial charge in [-0.15, -0.1) is 0 Å². The minimum Gasteiger partial charge on any atom is -0.395 e. The maximum Gasteiger partial charge on any atom is 0.256 e. The van der Waals surface area contributed by atoms with E-state index >= 15 is 0 Å². The quantitative estimate of drug-likeness (QED) is 0.589. The van der Waals surface area contributed by atoms with Crippen LogP contribution in [0.15, 0.2) is 11.6 Å². The molecule has 1 aliphatic heterocycles. The molecule has 1 rings (SSSR count). The fourth-order valence-corrected chi connectivity index (χ4v) is 1.13. The lowest BCUT2D eigenvalue weighted by Gasteiger charge is -2.11. The van der Waals surface area contributed by atoms with Gasteiger partial charge < -0.3 is 5.11 Å². The van der Waals surface area contributed by atoms with Crippen LogP contribution >= 0.6 is 0 Å². The standard InChI is InChI=1S/C8H11NO3/c1-2-6-5-7(11)9(3-4-10)8(6)12/h5,10H,2-4H2,1H3. The number of aliphatic hydroxyl groups excluding tert-OH is 1. The first-order chi connectivity index (χ1) is 5.70. The number of aliphatic hydroxyl groups is 1. The first-order valence-electron chi connectivity index (χ1n) is 3.88. The van der Waals surface area contributed by atoms with Crippen LogP contribution in [0.3, 0.4) is 0 Å². The molecule has 0 aromatic rings. The van der Waals surface area contributed by atoms with Crippen molar-refractivity contribution in [2.75, 3.05) is 13.2 Å². The van der Waals surface area contributed by atoms with Gasteiger partial charge in [0.2, 0.25) is 0 Å². The Morgan fingerprint density at radius 3 is 2.58 bits per heavy atom. The Labute approximate surface area is 70.5 Å². The molecule has 0 unspecified atom stereocenters. The van der Waals surface area contributed by atoms with Gasteiger partial charge in [0.05, 0.1) is 13.2 Å². The van der Waals surface area contributed by atoms with Crippen molar-refractivity contribution in [2.24, 2.45) is 0 Å². The van der Waals surface area contributed by atoms with Gasteiger partial charge in [0, 0.05) is 11.6 Å². The van der Waals surface area contributed by atoms with E-state index < -0.39 is 0 Å². The van der Waals surface area contributed by atoms with Gasteiger partial charge in [-0.05, 0) is 6.42 Å². The minimum absolute atomic E-state index is 0.0949. The van der Waals surface area contributed by atoms with E-state index in [9.17, 15) is 9.59 Å². The summed E-state index contributed by atoms with van der Waals surface area (Å²) in [4.78, 5) is 23.4. The number of imide groups is 1. The zero-order valence-corrected chi connectivity index (χ0v) is 6.91. The van der Waals surface area contributed by atoms with Crippen LogP contribution in [0.1, 0.15) is 13.3 Å². The van der Waals surface area contributed by atoms with Crippen LogP contribution in [0.5, 0.6) is 0 Å². The first-order valence-corrected chi connectivity index (χ1v) is 3.88. The molecule has 2 amide bonds. The lowest BCUT2D eigenvalue weighted by molar-refractivity contribution is -0.137. The molecule has 12 heavy (non-hydrogen) atoms. The molecule has 1 heterocycles. The molecule has 0 saturated carbocycles. The van der Waals surface area contributed by atoms with Crippen molar-refractivity contribution in [2.45, 2.75) is 13.3 Å². The van der Waals surface area contributed by atoms with E-state index in [2.05, 4.69) is 0 Å². The number of nitrogens with zero attached hydrogens (tertiary/aromatic N) is 1. The Bertz CT molecular complexity index is 245. The Morgan fingerprint density at radius 1 is 1.50 bits per heavy atom. The summed E-state index contributed by atoms with van der Waals surface area (Å²) >= 11 is 0. The molecule has 0 bridgehead atoms. The number of hydrogen-bond donors (Lipinski definition) is 1. The number of carbonyl (C=O) groups is 2.